The number of rotatable bonds is 8. The third kappa shape index (κ3) is 5.34. The molecule has 1 aromatic carbocycles. The van der Waals surface area contributed by atoms with E-state index in [1.165, 1.54) is 12.1 Å². The summed E-state index contributed by atoms with van der Waals surface area (Å²) in [6, 6.07) is 4.93. The summed E-state index contributed by atoms with van der Waals surface area (Å²) in [5, 5.41) is 6.68. The van der Waals surface area contributed by atoms with Crippen molar-refractivity contribution in [3.63, 3.8) is 0 Å². The fourth-order valence-electron chi connectivity index (χ4n) is 2.64. The number of carbonyl (C=O) groups excluding carboxylic acids is 1. The molecule has 8 heteroatoms. The van der Waals surface area contributed by atoms with Crippen LogP contribution >= 0.6 is 0 Å². The van der Waals surface area contributed by atoms with Gasteiger partial charge in [0.05, 0.1) is 25.3 Å². The van der Waals surface area contributed by atoms with Gasteiger partial charge in [0.1, 0.15) is 18.2 Å². The van der Waals surface area contributed by atoms with E-state index in [1.54, 1.807) is 6.07 Å². The molecule has 0 aliphatic carbocycles. The average molecular weight is 366 g/mol. The van der Waals surface area contributed by atoms with E-state index in [1.807, 2.05) is 0 Å². The van der Waals surface area contributed by atoms with Gasteiger partial charge in [-0.15, -0.1) is 0 Å². The van der Waals surface area contributed by atoms with Crippen molar-refractivity contribution in [1.82, 2.24) is 10.5 Å². The Hall–Kier alpha value is -2.32. The summed E-state index contributed by atoms with van der Waals surface area (Å²) in [5.41, 5.74) is 0.748. The first-order chi connectivity index (χ1) is 12.6. The number of aromatic nitrogens is 1. The van der Waals surface area contributed by atoms with E-state index < -0.39 is 11.6 Å². The van der Waals surface area contributed by atoms with Crippen LogP contribution in [0.3, 0.4) is 0 Å². The normalized spacial score (nSPS) is 16.8. The smallest absolute Gasteiger partial charge is 0.226 e. The molecule has 1 aromatic heterocycles. The van der Waals surface area contributed by atoms with Crippen LogP contribution in [0.5, 0.6) is 0 Å². The van der Waals surface area contributed by atoms with Crippen LogP contribution in [0.2, 0.25) is 0 Å². The molecule has 0 saturated carbocycles. The number of nitrogens with zero attached hydrogens (tertiary/aromatic N) is 1. The van der Waals surface area contributed by atoms with Gasteiger partial charge in [0.25, 0.3) is 0 Å². The number of ether oxygens (including phenoxy) is 2. The summed E-state index contributed by atoms with van der Waals surface area (Å²) >= 11 is 0. The second-order valence-electron chi connectivity index (χ2n) is 6.22. The van der Waals surface area contributed by atoms with Gasteiger partial charge < -0.3 is 19.3 Å². The van der Waals surface area contributed by atoms with Crippen LogP contribution in [-0.2, 0) is 33.9 Å². The van der Waals surface area contributed by atoms with Gasteiger partial charge in [0.2, 0.25) is 5.91 Å². The Morgan fingerprint density at radius 3 is 2.96 bits per heavy atom. The molecule has 1 aliphatic heterocycles. The summed E-state index contributed by atoms with van der Waals surface area (Å²) in [6.45, 7) is 2.07. The number of benzene rings is 1. The van der Waals surface area contributed by atoms with Crippen LogP contribution in [0.15, 0.2) is 28.8 Å². The lowest BCUT2D eigenvalue weighted by atomic mass is 10.1. The number of hydrogen-bond acceptors (Lipinski definition) is 5. The Bertz CT molecular complexity index is 745. The van der Waals surface area contributed by atoms with Gasteiger partial charge in [0, 0.05) is 36.8 Å². The molecule has 6 nitrogen and oxygen atoms in total. The lowest BCUT2D eigenvalue weighted by Gasteiger charge is -2.08. The largest absolute Gasteiger partial charge is 0.381 e. The minimum Gasteiger partial charge on any atom is -0.381 e. The molecule has 26 heavy (non-hydrogen) atoms. The molecule has 3 rings (SSSR count). The molecule has 1 N–H and O–H groups in total. The third-order valence-electron chi connectivity index (χ3n) is 4.08. The predicted molar refractivity (Wildman–Crippen MR) is 87.0 cm³/mol. The molecule has 1 atom stereocenters. The molecule has 0 spiro atoms. The van der Waals surface area contributed by atoms with Gasteiger partial charge in [0.15, 0.2) is 5.76 Å². The number of amides is 1. The summed E-state index contributed by atoms with van der Waals surface area (Å²) in [7, 11) is 0. The molecule has 140 valence electrons. The first kappa shape index (κ1) is 18.5. The molecule has 1 unspecified atom stereocenters. The molecule has 2 heterocycles. The molecular formula is C18H20F2N2O4. The lowest BCUT2D eigenvalue weighted by Crippen LogP contribution is -2.30. The lowest BCUT2D eigenvalue weighted by molar-refractivity contribution is -0.120. The highest BCUT2D eigenvalue weighted by molar-refractivity contribution is 5.78. The zero-order valence-corrected chi connectivity index (χ0v) is 14.2. The summed E-state index contributed by atoms with van der Waals surface area (Å²) < 4.78 is 42.1. The van der Waals surface area contributed by atoms with Gasteiger partial charge >= 0.3 is 0 Å². The molecule has 2 aromatic rings. The topological polar surface area (TPSA) is 73.6 Å². The van der Waals surface area contributed by atoms with Gasteiger partial charge in [-0.25, -0.2) is 8.78 Å². The van der Waals surface area contributed by atoms with Crippen LogP contribution in [0.4, 0.5) is 8.78 Å². The van der Waals surface area contributed by atoms with Crippen molar-refractivity contribution in [2.75, 3.05) is 19.8 Å². The van der Waals surface area contributed by atoms with E-state index in [-0.39, 0.29) is 31.1 Å². The van der Waals surface area contributed by atoms with Gasteiger partial charge in [-0.05, 0) is 12.5 Å². The first-order valence-electron chi connectivity index (χ1n) is 8.40. The van der Waals surface area contributed by atoms with Crippen molar-refractivity contribution >= 4 is 5.91 Å². The number of halogens is 2. The Balaban J connectivity index is 1.40. The van der Waals surface area contributed by atoms with Crippen LogP contribution in [0, 0.1) is 17.6 Å². The number of nitrogens with one attached hydrogen (secondary N) is 1. The predicted octanol–water partition coefficient (Wildman–Crippen LogP) is 2.36. The van der Waals surface area contributed by atoms with Gasteiger partial charge in [-0.2, -0.15) is 0 Å². The van der Waals surface area contributed by atoms with Crippen molar-refractivity contribution < 1.29 is 27.6 Å². The summed E-state index contributed by atoms with van der Waals surface area (Å²) in [5.74, 6) is -0.630. The zero-order valence-electron chi connectivity index (χ0n) is 14.2. The van der Waals surface area contributed by atoms with E-state index in [0.29, 0.717) is 30.5 Å². The summed E-state index contributed by atoms with van der Waals surface area (Å²) in [4.78, 5) is 11.9. The number of hydrogen-bond donors (Lipinski definition) is 1. The monoisotopic (exact) mass is 366 g/mol. The van der Waals surface area contributed by atoms with E-state index in [0.717, 1.165) is 19.1 Å². The molecule has 1 fully saturated rings. The highest BCUT2D eigenvalue weighted by Crippen LogP contribution is 2.13. The maximum absolute atomic E-state index is 13.5. The van der Waals surface area contributed by atoms with Gasteiger partial charge in [-0.3, -0.25) is 4.79 Å². The average Bonchev–Trinajstić information content (AvgIpc) is 3.27. The van der Waals surface area contributed by atoms with Crippen molar-refractivity contribution in [1.29, 1.82) is 0 Å². The van der Waals surface area contributed by atoms with Crippen molar-refractivity contribution in [3.05, 3.63) is 52.9 Å². The highest BCUT2D eigenvalue weighted by atomic mass is 19.1. The van der Waals surface area contributed by atoms with Gasteiger partial charge in [-0.1, -0.05) is 11.2 Å². The standard InChI is InChI=1S/C18H20F2N2O4/c19-14-2-1-13(17(20)5-14)10-25-11-16-6-15(22-26-16)7-18(23)21-8-12-3-4-24-9-12/h1-2,5-6,12H,3-4,7-11H2,(H,21,23). The fraction of sp³-hybridized carbons (Fsp3) is 0.444. The third-order valence-corrected chi connectivity index (χ3v) is 4.08. The maximum atomic E-state index is 13.5. The maximum Gasteiger partial charge on any atom is 0.226 e. The van der Waals surface area contributed by atoms with Crippen LogP contribution in [-0.4, -0.2) is 30.8 Å². The molecule has 1 amide bonds. The van der Waals surface area contributed by atoms with Crippen molar-refractivity contribution in [2.24, 2.45) is 5.92 Å². The summed E-state index contributed by atoms with van der Waals surface area (Å²) in [6.07, 6.45) is 1.07. The number of carbonyl (C=O) groups is 1. The highest BCUT2D eigenvalue weighted by Gasteiger charge is 2.17. The van der Waals surface area contributed by atoms with Crippen LogP contribution in [0.25, 0.3) is 0 Å². The van der Waals surface area contributed by atoms with Crippen LogP contribution in [0.1, 0.15) is 23.4 Å². The Labute approximate surface area is 149 Å². The minimum absolute atomic E-state index is 0.0217. The molecule has 1 aliphatic rings. The Morgan fingerprint density at radius 1 is 1.31 bits per heavy atom. The van der Waals surface area contributed by atoms with E-state index >= 15 is 0 Å². The van der Waals surface area contributed by atoms with Crippen LogP contribution < -0.4 is 5.32 Å². The Kier molecular flexibility index (Phi) is 6.30. The van der Waals surface area contributed by atoms with E-state index in [9.17, 15) is 13.6 Å². The Morgan fingerprint density at radius 2 is 2.19 bits per heavy atom. The van der Waals surface area contributed by atoms with Crippen molar-refractivity contribution in [2.45, 2.75) is 26.1 Å². The van der Waals surface area contributed by atoms with Crippen molar-refractivity contribution in [3.8, 4) is 0 Å². The molecule has 0 radical (unpaired) electrons. The quantitative estimate of drug-likeness (QED) is 0.776. The minimum atomic E-state index is -0.660. The fourth-order valence-corrected chi connectivity index (χ4v) is 2.64. The van der Waals surface area contributed by atoms with E-state index in [4.69, 9.17) is 14.0 Å². The second-order valence-corrected chi connectivity index (χ2v) is 6.22. The molecule has 0 bridgehead atoms. The van der Waals surface area contributed by atoms with E-state index in [2.05, 4.69) is 10.5 Å². The molecule has 1 saturated heterocycles. The zero-order chi connectivity index (χ0) is 18.4. The SMILES string of the molecule is O=C(Cc1cc(COCc2ccc(F)cc2F)on1)NCC1CCOC1. The first-order valence-corrected chi connectivity index (χ1v) is 8.40. The molecular weight excluding hydrogens is 346 g/mol. The second kappa shape index (κ2) is 8.86.